The number of hydrogen-bond acceptors (Lipinski definition) is 4. The second kappa shape index (κ2) is 4.71. The molecule has 0 bridgehead atoms. The van der Waals surface area contributed by atoms with E-state index in [9.17, 15) is 0 Å². The first kappa shape index (κ1) is 12.1. The Kier molecular flexibility index (Phi) is 2.72. The summed E-state index contributed by atoms with van der Waals surface area (Å²) in [4.78, 5) is 5.61. The van der Waals surface area contributed by atoms with Gasteiger partial charge in [0.25, 0.3) is 0 Å². The Labute approximate surface area is 125 Å². The molecule has 4 aromatic rings. The molecule has 0 aliphatic rings. The number of hydrogen-bond donors (Lipinski definition) is 2. The zero-order chi connectivity index (χ0) is 14.2. The van der Waals surface area contributed by atoms with Crippen LogP contribution < -0.4 is 5.73 Å². The standard InChI is InChI=1S/C16H12N4S/c17-16-13(12-7-3-9-21-12)15(19-20-16)11-6-1-4-10-5-2-8-18-14(10)11/h1-9H,(H3,17,19,20). The maximum Gasteiger partial charge on any atom is 0.154 e. The van der Waals surface area contributed by atoms with E-state index < -0.39 is 0 Å². The number of aromatic nitrogens is 3. The van der Waals surface area contributed by atoms with E-state index in [0.29, 0.717) is 5.82 Å². The zero-order valence-electron chi connectivity index (χ0n) is 11.1. The molecule has 0 saturated heterocycles. The summed E-state index contributed by atoms with van der Waals surface area (Å²) in [6, 6.07) is 14.2. The average molecular weight is 292 g/mol. The van der Waals surface area contributed by atoms with Gasteiger partial charge in [0, 0.05) is 22.0 Å². The molecule has 0 fully saturated rings. The Morgan fingerprint density at radius 3 is 2.81 bits per heavy atom. The molecule has 0 radical (unpaired) electrons. The van der Waals surface area contributed by atoms with Crippen molar-refractivity contribution in [1.82, 2.24) is 15.2 Å². The molecule has 4 nitrogen and oxygen atoms in total. The van der Waals surface area contributed by atoms with Crippen LogP contribution in [-0.4, -0.2) is 15.2 Å². The highest BCUT2D eigenvalue weighted by Gasteiger charge is 2.17. The van der Waals surface area contributed by atoms with E-state index in [2.05, 4.69) is 27.3 Å². The molecule has 102 valence electrons. The van der Waals surface area contributed by atoms with Crippen molar-refractivity contribution >= 4 is 28.1 Å². The van der Waals surface area contributed by atoms with Crippen molar-refractivity contribution in [2.45, 2.75) is 0 Å². The summed E-state index contributed by atoms with van der Waals surface area (Å²) >= 11 is 1.65. The van der Waals surface area contributed by atoms with Gasteiger partial charge in [-0.1, -0.05) is 30.3 Å². The van der Waals surface area contributed by atoms with Crippen molar-refractivity contribution in [1.29, 1.82) is 0 Å². The largest absolute Gasteiger partial charge is 0.382 e. The molecule has 5 heteroatoms. The molecule has 21 heavy (non-hydrogen) atoms. The van der Waals surface area contributed by atoms with E-state index >= 15 is 0 Å². The lowest BCUT2D eigenvalue weighted by Gasteiger charge is -2.06. The molecule has 1 aromatic carbocycles. The third-order valence-corrected chi connectivity index (χ3v) is 4.35. The number of nitrogens with one attached hydrogen (secondary N) is 1. The maximum atomic E-state index is 6.06. The van der Waals surface area contributed by atoms with E-state index in [0.717, 1.165) is 32.6 Å². The Bertz CT molecular complexity index is 904. The van der Waals surface area contributed by atoms with Gasteiger partial charge in [-0.05, 0) is 17.5 Å². The lowest BCUT2D eigenvalue weighted by atomic mass is 10.0. The summed E-state index contributed by atoms with van der Waals surface area (Å²) in [5, 5.41) is 10.4. The normalized spacial score (nSPS) is 11.0. The van der Waals surface area contributed by atoms with Crippen LogP contribution in [0.1, 0.15) is 0 Å². The van der Waals surface area contributed by atoms with Gasteiger partial charge in [-0.15, -0.1) is 11.3 Å². The van der Waals surface area contributed by atoms with Gasteiger partial charge in [-0.2, -0.15) is 5.10 Å². The van der Waals surface area contributed by atoms with Crippen LogP contribution in [-0.2, 0) is 0 Å². The van der Waals surface area contributed by atoms with Crippen molar-refractivity contribution < 1.29 is 0 Å². The van der Waals surface area contributed by atoms with E-state index in [4.69, 9.17) is 5.73 Å². The zero-order valence-corrected chi connectivity index (χ0v) is 11.9. The molecular weight excluding hydrogens is 280 g/mol. The van der Waals surface area contributed by atoms with Crippen LogP contribution in [0.2, 0.25) is 0 Å². The van der Waals surface area contributed by atoms with Crippen molar-refractivity contribution in [3.05, 3.63) is 54.0 Å². The fourth-order valence-electron chi connectivity index (χ4n) is 2.53. The highest BCUT2D eigenvalue weighted by atomic mass is 32.1. The monoisotopic (exact) mass is 292 g/mol. The van der Waals surface area contributed by atoms with Gasteiger partial charge in [0.1, 0.15) is 0 Å². The predicted octanol–water partition coefficient (Wildman–Crippen LogP) is 3.94. The van der Waals surface area contributed by atoms with Crippen LogP contribution in [0.15, 0.2) is 54.0 Å². The number of H-pyrrole nitrogens is 1. The first-order valence-corrected chi connectivity index (χ1v) is 7.44. The fourth-order valence-corrected chi connectivity index (χ4v) is 3.31. The number of benzene rings is 1. The molecule has 0 unspecified atom stereocenters. The number of aromatic amines is 1. The lowest BCUT2D eigenvalue weighted by molar-refractivity contribution is 1.10. The number of fused-ring (bicyclic) bond motifs is 1. The number of thiophene rings is 1. The summed E-state index contributed by atoms with van der Waals surface area (Å²) in [5.74, 6) is 0.514. The average Bonchev–Trinajstić information content (AvgIpc) is 3.16. The smallest absolute Gasteiger partial charge is 0.154 e. The fraction of sp³-hybridized carbons (Fsp3) is 0. The molecule has 4 rings (SSSR count). The Hall–Kier alpha value is -2.66. The van der Waals surface area contributed by atoms with Gasteiger partial charge >= 0.3 is 0 Å². The SMILES string of the molecule is Nc1n[nH]c(-c2cccc3cccnc23)c1-c1cccs1. The first-order chi connectivity index (χ1) is 10.3. The van der Waals surface area contributed by atoms with Gasteiger partial charge in [-0.25, -0.2) is 0 Å². The maximum absolute atomic E-state index is 6.06. The molecule has 0 amide bonds. The molecule has 0 aliphatic carbocycles. The van der Waals surface area contributed by atoms with Crippen LogP contribution in [0, 0.1) is 0 Å². The van der Waals surface area contributed by atoms with E-state index in [-0.39, 0.29) is 0 Å². The topological polar surface area (TPSA) is 67.6 Å². The van der Waals surface area contributed by atoms with Crippen molar-refractivity contribution in [3.8, 4) is 21.7 Å². The second-order valence-corrected chi connectivity index (χ2v) is 5.66. The predicted molar refractivity (Wildman–Crippen MR) is 87.1 cm³/mol. The van der Waals surface area contributed by atoms with Crippen LogP contribution in [0.5, 0.6) is 0 Å². The van der Waals surface area contributed by atoms with Crippen LogP contribution in [0.4, 0.5) is 5.82 Å². The minimum absolute atomic E-state index is 0.514. The molecule has 0 atom stereocenters. The highest BCUT2D eigenvalue weighted by Crippen LogP contribution is 2.38. The molecule has 3 aromatic heterocycles. The van der Waals surface area contributed by atoms with Crippen LogP contribution >= 0.6 is 11.3 Å². The quantitative estimate of drug-likeness (QED) is 0.588. The summed E-state index contributed by atoms with van der Waals surface area (Å²) in [6.07, 6.45) is 1.80. The van der Waals surface area contributed by atoms with E-state index in [1.807, 2.05) is 35.7 Å². The number of nitrogens with two attached hydrogens (primary N) is 1. The molecule has 0 spiro atoms. The van der Waals surface area contributed by atoms with Crippen molar-refractivity contribution in [2.75, 3.05) is 5.73 Å². The van der Waals surface area contributed by atoms with E-state index in [1.165, 1.54) is 0 Å². The number of nitrogens with zero attached hydrogens (tertiary/aromatic N) is 2. The number of anilines is 1. The summed E-state index contributed by atoms with van der Waals surface area (Å²) in [5.41, 5.74) is 9.88. The van der Waals surface area contributed by atoms with Gasteiger partial charge < -0.3 is 5.73 Å². The molecule has 0 aliphatic heterocycles. The summed E-state index contributed by atoms with van der Waals surface area (Å²) in [7, 11) is 0. The van der Waals surface area contributed by atoms with E-state index in [1.54, 1.807) is 17.5 Å². The second-order valence-electron chi connectivity index (χ2n) is 4.72. The first-order valence-electron chi connectivity index (χ1n) is 6.56. The van der Waals surface area contributed by atoms with Crippen molar-refractivity contribution in [3.63, 3.8) is 0 Å². The Morgan fingerprint density at radius 1 is 1.05 bits per heavy atom. The molecule has 3 N–H and O–H groups in total. The van der Waals surface area contributed by atoms with Gasteiger partial charge in [0.2, 0.25) is 0 Å². The molecular formula is C16H12N4S. The van der Waals surface area contributed by atoms with Gasteiger partial charge in [0.05, 0.1) is 16.8 Å². The third-order valence-electron chi connectivity index (χ3n) is 3.46. The van der Waals surface area contributed by atoms with Gasteiger partial charge in [-0.3, -0.25) is 10.1 Å². The van der Waals surface area contributed by atoms with Crippen LogP contribution in [0.3, 0.4) is 0 Å². The summed E-state index contributed by atoms with van der Waals surface area (Å²) in [6.45, 7) is 0. The Balaban J connectivity index is 2.03. The van der Waals surface area contributed by atoms with Crippen molar-refractivity contribution in [2.24, 2.45) is 0 Å². The minimum Gasteiger partial charge on any atom is -0.382 e. The van der Waals surface area contributed by atoms with Crippen LogP contribution in [0.25, 0.3) is 32.6 Å². The third kappa shape index (κ3) is 1.90. The lowest BCUT2D eigenvalue weighted by Crippen LogP contribution is -1.88. The molecule has 0 saturated carbocycles. The molecule has 3 heterocycles. The number of pyridine rings is 1. The minimum atomic E-state index is 0.514. The number of para-hydroxylation sites is 1. The number of nitrogen functional groups attached to an aromatic ring is 1. The number of rotatable bonds is 2. The highest BCUT2D eigenvalue weighted by molar-refractivity contribution is 7.13. The summed E-state index contributed by atoms with van der Waals surface area (Å²) < 4.78 is 0. The van der Waals surface area contributed by atoms with Gasteiger partial charge in [0.15, 0.2) is 5.82 Å². The Morgan fingerprint density at radius 2 is 1.95 bits per heavy atom.